The van der Waals surface area contributed by atoms with Crippen molar-refractivity contribution in [2.24, 2.45) is 5.73 Å². The lowest BCUT2D eigenvalue weighted by molar-refractivity contribution is -0.0384. The van der Waals surface area contributed by atoms with Crippen molar-refractivity contribution in [3.05, 3.63) is 23.4 Å². The molecule has 4 N–H and O–H groups in total. The van der Waals surface area contributed by atoms with Gasteiger partial charge in [0.2, 0.25) is 0 Å². The summed E-state index contributed by atoms with van der Waals surface area (Å²) in [5.74, 6) is 0.492. The number of ether oxygens (including phenoxy) is 1. The highest BCUT2D eigenvalue weighted by Gasteiger charge is 2.35. The third kappa shape index (κ3) is 2.58. The minimum Gasteiger partial charge on any atom is -0.383 e. The number of anilines is 1. The largest absolute Gasteiger partial charge is 0.383 e. The Morgan fingerprint density at radius 2 is 2.00 bits per heavy atom. The molecule has 0 amide bonds. The van der Waals surface area contributed by atoms with Crippen LogP contribution in [0.3, 0.4) is 0 Å². The monoisotopic (exact) mass is 237 g/mol. The molecule has 0 aliphatic carbocycles. The van der Waals surface area contributed by atoms with Gasteiger partial charge in [-0.2, -0.15) is 0 Å². The van der Waals surface area contributed by atoms with Crippen LogP contribution < -0.4 is 11.5 Å². The molecule has 17 heavy (non-hydrogen) atoms. The number of methoxy groups -OCH3 is 1. The first-order chi connectivity index (χ1) is 8.00. The molecule has 0 aromatic carbocycles. The van der Waals surface area contributed by atoms with E-state index < -0.39 is 0 Å². The molecule has 1 aromatic rings. The molecular weight excluding hydrogens is 214 g/mol. The summed E-state index contributed by atoms with van der Waals surface area (Å²) < 4.78 is 5.64. The van der Waals surface area contributed by atoms with E-state index in [0.717, 1.165) is 24.0 Å². The standard InChI is InChI=1S/C13H23N3O/c1-5-13(6-2,17-4)11(14)10-7-9(3)8-16-12(10)15/h7-8,11H,5-6,14H2,1-4H3,(H2,15,16). The molecule has 1 unspecified atom stereocenters. The van der Waals surface area contributed by atoms with Gasteiger partial charge in [0.25, 0.3) is 0 Å². The molecule has 1 heterocycles. The molecule has 96 valence electrons. The maximum atomic E-state index is 6.33. The van der Waals surface area contributed by atoms with Crippen LogP contribution in [0, 0.1) is 6.92 Å². The van der Waals surface area contributed by atoms with E-state index in [1.54, 1.807) is 13.3 Å². The molecule has 1 rings (SSSR count). The Kier molecular flexibility index (Phi) is 4.48. The summed E-state index contributed by atoms with van der Waals surface area (Å²) in [5.41, 5.74) is 13.8. The number of nitrogens with two attached hydrogens (primary N) is 2. The van der Waals surface area contributed by atoms with Gasteiger partial charge in [-0.1, -0.05) is 13.8 Å². The fourth-order valence-electron chi connectivity index (χ4n) is 2.24. The average Bonchev–Trinajstić information content (AvgIpc) is 2.35. The minimum absolute atomic E-state index is 0.255. The molecule has 4 heteroatoms. The van der Waals surface area contributed by atoms with Crippen molar-refractivity contribution in [3.8, 4) is 0 Å². The van der Waals surface area contributed by atoms with Gasteiger partial charge in [0.15, 0.2) is 0 Å². The van der Waals surface area contributed by atoms with Crippen molar-refractivity contribution in [3.63, 3.8) is 0 Å². The molecule has 4 nitrogen and oxygen atoms in total. The summed E-state index contributed by atoms with van der Waals surface area (Å²) in [6.45, 7) is 6.13. The number of nitrogen functional groups attached to an aromatic ring is 1. The van der Waals surface area contributed by atoms with Crippen LogP contribution in [-0.4, -0.2) is 17.7 Å². The average molecular weight is 237 g/mol. The van der Waals surface area contributed by atoms with Crippen LogP contribution in [0.5, 0.6) is 0 Å². The second-order valence-corrected chi connectivity index (χ2v) is 4.44. The molecule has 0 aliphatic heterocycles. The number of hydrogen-bond acceptors (Lipinski definition) is 4. The fraction of sp³-hybridized carbons (Fsp3) is 0.615. The molecule has 0 radical (unpaired) electrons. The van der Waals surface area contributed by atoms with Crippen LogP contribution in [-0.2, 0) is 4.74 Å². The van der Waals surface area contributed by atoms with Gasteiger partial charge < -0.3 is 16.2 Å². The van der Waals surface area contributed by atoms with Gasteiger partial charge in [-0.3, -0.25) is 0 Å². The lowest BCUT2D eigenvalue weighted by atomic mass is 9.84. The lowest BCUT2D eigenvalue weighted by Crippen LogP contribution is -2.42. The Labute approximate surface area is 103 Å². The summed E-state index contributed by atoms with van der Waals surface area (Å²) in [5, 5.41) is 0. The number of hydrogen-bond donors (Lipinski definition) is 2. The highest BCUT2D eigenvalue weighted by atomic mass is 16.5. The Bertz CT molecular complexity index is 367. The minimum atomic E-state index is -0.371. The van der Waals surface area contributed by atoms with E-state index in [2.05, 4.69) is 18.8 Å². The smallest absolute Gasteiger partial charge is 0.128 e. The first-order valence-corrected chi connectivity index (χ1v) is 6.03. The zero-order chi connectivity index (χ0) is 13.1. The number of nitrogens with zero attached hydrogens (tertiary/aromatic N) is 1. The third-order valence-corrected chi connectivity index (χ3v) is 3.59. The summed E-state index contributed by atoms with van der Waals surface area (Å²) in [6.07, 6.45) is 3.43. The summed E-state index contributed by atoms with van der Waals surface area (Å²) >= 11 is 0. The zero-order valence-electron chi connectivity index (χ0n) is 11.2. The van der Waals surface area contributed by atoms with E-state index in [9.17, 15) is 0 Å². The molecule has 1 atom stereocenters. The number of pyridine rings is 1. The van der Waals surface area contributed by atoms with Crippen LogP contribution in [0.2, 0.25) is 0 Å². The van der Waals surface area contributed by atoms with E-state index in [-0.39, 0.29) is 11.6 Å². The second-order valence-electron chi connectivity index (χ2n) is 4.44. The van der Waals surface area contributed by atoms with Gasteiger partial charge in [0, 0.05) is 18.9 Å². The first-order valence-electron chi connectivity index (χ1n) is 6.03. The van der Waals surface area contributed by atoms with Gasteiger partial charge in [-0.15, -0.1) is 0 Å². The van der Waals surface area contributed by atoms with Crippen LogP contribution in [0.25, 0.3) is 0 Å². The number of rotatable bonds is 5. The van der Waals surface area contributed by atoms with Crippen molar-refractivity contribution in [1.29, 1.82) is 0 Å². The molecular formula is C13H23N3O. The first kappa shape index (κ1) is 13.9. The molecule has 0 bridgehead atoms. The zero-order valence-corrected chi connectivity index (χ0v) is 11.2. The van der Waals surface area contributed by atoms with E-state index in [1.807, 2.05) is 13.0 Å². The van der Waals surface area contributed by atoms with Crippen LogP contribution in [0.15, 0.2) is 12.3 Å². The van der Waals surface area contributed by atoms with Crippen LogP contribution in [0.4, 0.5) is 5.82 Å². The predicted molar refractivity (Wildman–Crippen MR) is 70.6 cm³/mol. The third-order valence-electron chi connectivity index (χ3n) is 3.59. The van der Waals surface area contributed by atoms with Crippen molar-refractivity contribution in [2.45, 2.75) is 45.3 Å². The summed E-state index contributed by atoms with van der Waals surface area (Å²) in [4.78, 5) is 4.16. The van der Waals surface area contributed by atoms with Crippen molar-refractivity contribution >= 4 is 5.82 Å². The number of aromatic nitrogens is 1. The molecule has 0 saturated carbocycles. The Balaban J connectivity index is 3.17. The summed E-state index contributed by atoms with van der Waals surface area (Å²) in [7, 11) is 1.70. The molecule has 1 aromatic heterocycles. The van der Waals surface area contributed by atoms with E-state index >= 15 is 0 Å². The van der Waals surface area contributed by atoms with Crippen molar-refractivity contribution in [2.75, 3.05) is 12.8 Å². The van der Waals surface area contributed by atoms with E-state index in [4.69, 9.17) is 16.2 Å². The van der Waals surface area contributed by atoms with Crippen molar-refractivity contribution < 1.29 is 4.74 Å². The van der Waals surface area contributed by atoms with Crippen LogP contribution in [0.1, 0.15) is 43.9 Å². The molecule has 0 aliphatic rings. The van der Waals surface area contributed by atoms with E-state index in [0.29, 0.717) is 5.82 Å². The second kappa shape index (κ2) is 5.47. The molecule has 0 saturated heterocycles. The van der Waals surface area contributed by atoms with Gasteiger partial charge >= 0.3 is 0 Å². The lowest BCUT2D eigenvalue weighted by Gasteiger charge is -2.36. The Morgan fingerprint density at radius 1 is 1.41 bits per heavy atom. The van der Waals surface area contributed by atoms with Crippen molar-refractivity contribution in [1.82, 2.24) is 4.98 Å². The Morgan fingerprint density at radius 3 is 2.47 bits per heavy atom. The number of aryl methyl sites for hydroxylation is 1. The fourth-order valence-corrected chi connectivity index (χ4v) is 2.24. The SMILES string of the molecule is CCC(CC)(OC)C(N)c1cc(C)cnc1N. The molecule has 0 fully saturated rings. The molecule has 0 spiro atoms. The topological polar surface area (TPSA) is 74.2 Å². The normalized spacial score (nSPS) is 13.7. The highest BCUT2D eigenvalue weighted by molar-refractivity contribution is 5.44. The highest BCUT2D eigenvalue weighted by Crippen LogP contribution is 2.35. The quantitative estimate of drug-likeness (QED) is 0.823. The van der Waals surface area contributed by atoms with Gasteiger partial charge in [-0.05, 0) is 31.4 Å². The Hall–Kier alpha value is -1.13. The van der Waals surface area contributed by atoms with Gasteiger partial charge in [0.1, 0.15) is 5.82 Å². The van der Waals surface area contributed by atoms with Crippen LogP contribution >= 0.6 is 0 Å². The van der Waals surface area contributed by atoms with E-state index in [1.165, 1.54) is 0 Å². The maximum absolute atomic E-state index is 6.33. The van der Waals surface area contributed by atoms with Gasteiger partial charge in [0.05, 0.1) is 11.6 Å². The van der Waals surface area contributed by atoms with Gasteiger partial charge in [-0.25, -0.2) is 4.98 Å². The predicted octanol–water partition coefficient (Wildman–Crippen LogP) is 2.18. The summed E-state index contributed by atoms with van der Waals surface area (Å²) in [6, 6.07) is 1.74. The maximum Gasteiger partial charge on any atom is 0.128 e.